The van der Waals surface area contributed by atoms with E-state index in [-0.39, 0.29) is 12.5 Å². The second kappa shape index (κ2) is 11.1. The van der Waals surface area contributed by atoms with E-state index in [0.717, 1.165) is 42.6 Å². The van der Waals surface area contributed by atoms with E-state index in [9.17, 15) is 9.90 Å². The number of aliphatic hydroxyl groups is 1. The lowest BCUT2D eigenvalue weighted by Crippen LogP contribution is -2.44. The van der Waals surface area contributed by atoms with Gasteiger partial charge in [-0.15, -0.1) is 0 Å². The molecule has 0 radical (unpaired) electrons. The first-order valence-corrected chi connectivity index (χ1v) is 10.9. The fraction of sp³-hybridized carbons (Fsp3) is 0.762. The topological polar surface area (TPSA) is 57.5 Å². The van der Waals surface area contributed by atoms with Crippen molar-refractivity contribution in [1.82, 2.24) is 0 Å². The van der Waals surface area contributed by atoms with Gasteiger partial charge in [0.05, 0.1) is 6.10 Å². The second-order valence-electron chi connectivity index (χ2n) is 7.54. The third-order valence-corrected chi connectivity index (χ3v) is 7.11. The van der Waals surface area contributed by atoms with Crippen molar-refractivity contribution < 1.29 is 15.0 Å². The molecule has 2 saturated heterocycles. The highest BCUT2D eigenvalue weighted by molar-refractivity contribution is 8.01. The maximum Gasteiger partial charge on any atom is 0.303 e. The summed E-state index contributed by atoms with van der Waals surface area (Å²) in [5, 5.41) is 20.4. The molecule has 0 aromatic rings. The molecule has 1 aliphatic carbocycles. The molecule has 2 bridgehead atoms. The number of hydrogen-bond acceptors (Lipinski definition) is 3. The molecule has 142 valence electrons. The van der Waals surface area contributed by atoms with Gasteiger partial charge >= 0.3 is 5.97 Å². The third-order valence-electron chi connectivity index (χ3n) is 5.45. The van der Waals surface area contributed by atoms with Gasteiger partial charge in [0.25, 0.3) is 0 Å². The third kappa shape index (κ3) is 7.18. The highest BCUT2D eigenvalue weighted by atomic mass is 32.2. The van der Waals surface area contributed by atoms with E-state index in [4.69, 9.17) is 5.11 Å². The van der Waals surface area contributed by atoms with Gasteiger partial charge in [-0.25, -0.2) is 0 Å². The van der Waals surface area contributed by atoms with Crippen molar-refractivity contribution in [3.05, 3.63) is 24.3 Å². The number of rotatable bonds is 12. The molecule has 1 unspecified atom stereocenters. The van der Waals surface area contributed by atoms with Crippen molar-refractivity contribution >= 4 is 17.7 Å². The van der Waals surface area contributed by atoms with Crippen molar-refractivity contribution in [2.45, 2.75) is 87.7 Å². The summed E-state index contributed by atoms with van der Waals surface area (Å²) < 4.78 is 0. The van der Waals surface area contributed by atoms with Crippen LogP contribution in [0.15, 0.2) is 24.3 Å². The SMILES string of the molecule is CCCCC[C@H](O)/C=C/C1C[C@@H]2C[C@@H](S2)[C@@H]1C/C=C\CCCC(=O)O. The Morgan fingerprint density at radius 2 is 2.04 bits per heavy atom. The van der Waals surface area contributed by atoms with Crippen molar-refractivity contribution in [2.24, 2.45) is 11.8 Å². The molecule has 5 atom stereocenters. The van der Waals surface area contributed by atoms with Crippen LogP contribution in [-0.4, -0.2) is 32.8 Å². The maximum absolute atomic E-state index is 10.5. The minimum absolute atomic E-state index is 0.259. The summed E-state index contributed by atoms with van der Waals surface area (Å²) in [6.45, 7) is 2.19. The van der Waals surface area contributed by atoms with Crippen LogP contribution in [0.4, 0.5) is 0 Å². The molecule has 0 spiro atoms. The number of unbranched alkanes of at least 4 members (excludes halogenated alkanes) is 3. The zero-order valence-corrected chi connectivity index (χ0v) is 16.3. The molecule has 0 aromatic heterocycles. The lowest BCUT2D eigenvalue weighted by atomic mass is 9.75. The van der Waals surface area contributed by atoms with Gasteiger partial charge in [-0.2, -0.15) is 11.8 Å². The van der Waals surface area contributed by atoms with Crippen LogP contribution in [0, 0.1) is 11.8 Å². The van der Waals surface area contributed by atoms with Crippen LogP contribution in [0.5, 0.6) is 0 Å². The van der Waals surface area contributed by atoms with Crippen LogP contribution in [0.25, 0.3) is 0 Å². The first kappa shape index (κ1) is 20.6. The van der Waals surface area contributed by atoms with Crippen molar-refractivity contribution in [3.63, 3.8) is 0 Å². The molecule has 3 nitrogen and oxygen atoms in total. The molecule has 25 heavy (non-hydrogen) atoms. The molecule has 0 aromatic carbocycles. The molecule has 2 N–H and O–H groups in total. The molecule has 3 fully saturated rings. The van der Waals surface area contributed by atoms with E-state index in [1.54, 1.807) is 0 Å². The first-order valence-electron chi connectivity index (χ1n) is 9.98. The van der Waals surface area contributed by atoms with Crippen LogP contribution in [-0.2, 0) is 4.79 Å². The number of aliphatic carboxylic acids is 1. The van der Waals surface area contributed by atoms with E-state index in [1.165, 1.54) is 25.7 Å². The van der Waals surface area contributed by atoms with Crippen LogP contribution in [0.2, 0.25) is 0 Å². The number of carbonyl (C=O) groups is 1. The molecule has 1 saturated carbocycles. The number of carboxylic acids is 1. The van der Waals surface area contributed by atoms with Gasteiger partial charge in [0.15, 0.2) is 0 Å². The van der Waals surface area contributed by atoms with Gasteiger partial charge < -0.3 is 10.2 Å². The largest absolute Gasteiger partial charge is 0.481 e. The Hall–Kier alpha value is -0.740. The Labute approximate surface area is 157 Å². The predicted octanol–water partition coefficient (Wildman–Crippen LogP) is 5.20. The fourth-order valence-electron chi connectivity index (χ4n) is 3.94. The number of hydrogen-bond donors (Lipinski definition) is 2. The van der Waals surface area contributed by atoms with Crippen molar-refractivity contribution in [1.29, 1.82) is 0 Å². The van der Waals surface area contributed by atoms with Crippen LogP contribution in [0.1, 0.15) is 71.1 Å². The Morgan fingerprint density at radius 1 is 1.24 bits per heavy atom. The van der Waals surface area contributed by atoms with E-state index in [2.05, 4.69) is 36.9 Å². The predicted molar refractivity (Wildman–Crippen MR) is 106 cm³/mol. The van der Waals surface area contributed by atoms with Crippen LogP contribution >= 0.6 is 11.8 Å². The normalized spacial score (nSPS) is 29.8. The number of carboxylic acid groups (broad SMARTS) is 1. The standard InChI is InChI=1S/C21H34O3S/c1-2-3-6-9-17(22)13-12-16-14-18-15-20(25-18)19(16)10-7-4-5-8-11-21(23)24/h4,7,12-13,16-20,22H,2-3,5-6,8-11,14-15H2,1H3,(H,23,24)/b7-4-,13-12+/t16?,17-,18+,19+,20+/m0/s1. The molecule has 3 aliphatic rings. The summed E-state index contributed by atoms with van der Waals surface area (Å²) in [5.41, 5.74) is 0. The summed E-state index contributed by atoms with van der Waals surface area (Å²) >= 11 is 2.14. The number of thioether (sulfide) groups is 1. The lowest BCUT2D eigenvalue weighted by molar-refractivity contribution is -0.137. The van der Waals surface area contributed by atoms with Crippen LogP contribution in [0.3, 0.4) is 0 Å². The maximum atomic E-state index is 10.5. The zero-order chi connectivity index (χ0) is 18.1. The van der Waals surface area contributed by atoms with E-state index < -0.39 is 5.97 Å². The summed E-state index contributed by atoms with van der Waals surface area (Å²) in [5.74, 6) is 0.555. The van der Waals surface area contributed by atoms with E-state index >= 15 is 0 Å². The van der Waals surface area contributed by atoms with E-state index in [1.807, 2.05) is 6.08 Å². The molecule has 4 heteroatoms. The average molecular weight is 367 g/mol. The van der Waals surface area contributed by atoms with E-state index in [0.29, 0.717) is 11.8 Å². The second-order valence-corrected chi connectivity index (χ2v) is 9.08. The van der Waals surface area contributed by atoms with Gasteiger partial charge in [-0.1, -0.05) is 50.5 Å². The van der Waals surface area contributed by atoms with Crippen molar-refractivity contribution in [2.75, 3.05) is 0 Å². The monoisotopic (exact) mass is 366 g/mol. The highest BCUT2D eigenvalue weighted by Gasteiger charge is 2.44. The summed E-state index contributed by atoms with van der Waals surface area (Å²) in [6, 6.07) is 0. The molecule has 3 rings (SSSR count). The molecule has 2 heterocycles. The quantitative estimate of drug-likeness (QED) is 0.368. The Bertz CT molecular complexity index is 454. The Kier molecular flexibility index (Phi) is 9.11. The first-order chi connectivity index (χ1) is 12.1. The smallest absolute Gasteiger partial charge is 0.303 e. The van der Waals surface area contributed by atoms with Gasteiger partial charge in [0, 0.05) is 16.9 Å². The number of aliphatic hydroxyl groups excluding tert-OH is 1. The minimum Gasteiger partial charge on any atom is -0.481 e. The Balaban J connectivity index is 1.76. The van der Waals surface area contributed by atoms with Crippen molar-refractivity contribution in [3.8, 4) is 0 Å². The summed E-state index contributed by atoms with van der Waals surface area (Å²) in [6.07, 6.45) is 18.4. The minimum atomic E-state index is -0.708. The van der Waals surface area contributed by atoms with Gasteiger partial charge in [-0.05, 0) is 50.4 Å². The van der Waals surface area contributed by atoms with Gasteiger partial charge in [0.1, 0.15) is 0 Å². The molecule has 0 amide bonds. The average Bonchev–Trinajstić information content (AvgIpc) is 2.55. The van der Waals surface area contributed by atoms with Crippen LogP contribution < -0.4 is 0 Å². The zero-order valence-electron chi connectivity index (χ0n) is 15.5. The highest BCUT2D eigenvalue weighted by Crippen LogP contribution is 2.54. The molecular formula is C21H34O3S. The lowest BCUT2D eigenvalue weighted by Gasteiger charge is -2.49. The summed E-state index contributed by atoms with van der Waals surface area (Å²) in [4.78, 5) is 10.5. The van der Waals surface area contributed by atoms with Gasteiger partial charge in [-0.3, -0.25) is 4.79 Å². The fourth-order valence-corrected chi connectivity index (χ4v) is 5.58. The van der Waals surface area contributed by atoms with Gasteiger partial charge in [0.2, 0.25) is 0 Å². The number of fused-ring (bicyclic) bond motifs is 2. The molecular weight excluding hydrogens is 332 g/mol. The summed E-state index contributed by atoms with van der Waals surface area (Å²) in [7, 11) is 0. The Morgan fingerprint density at radius 3 is 2.76 bits per heavy atom. The number of allylic oxidation sites excluding steroid dienone is 3. The molecule has 2 aliphatic heterocycles.